The summed E-state index contributed by atoms with van der Waals surface area (Å²) in [5, 5.41) is -0.587. The number of rotatable bonds is 8. The summed E-state index contributed by atoms with van der Waals surface area (Å²) in [6.07, 6.45) is -2.23. The standard InChI is InChI=1S/C14H17F2NO5S/c1-3-9-4-5-11(21-9)10(8-20-2)17-23(18,19)13-7-6-12(22-13)14(15)16/h4-7,10,14,17H,3,8H2,1-2H3/t10-/m0/s1. The lowest BCUT2D eigenvalue weighted by molar-refractivity contribution is 0.116. The topological polar surface area (TPSA) is 81.7 Å². The third-order valence-corrected chi connectivity index (χ3v) is 4.43. The van der Waals surface area contributed by atoms with Gasteiger partial charge in [-0.25, -0.2) is 17.2 Å². The Kier molecular flexibility index (Phi) is 5.55. The van der Waals surface area contributed by atoms with Gasteiger partial charge in [0.15, 0.2) is 5.76 Å². The van der Waals surface area contributed by atoms with Gasteiger partial charge in [0.1, 0.15) is 17.6 Å². The molecule has 0 radical (unpaired) electrons. The molecule has 2 aromatic rings. The number of halogens is 2. The zero-order valence-corrected chi connectivity index (χ0v) is 13.4. The largest absolute Gasteiger partial charge is 0.464 e. The Balaban J connectivity index is 2.23. The van der Waals surface area contributed by atoms with Crippen LogP contribution in [0.4, 0.5) is 8.78 Å². The van der Waals surface area contributed by atoms with Gasteiger partial charge < -0.3 is 13.6 Å². The molecule has 0 aliphatic heterocycles. The smallest absolute Gasteiger partial charge is 0.295 e. The number of hydrogen-bond acceptors (Lipinski definition) is 5. The maximum Gasteiger partial charge on any atom is 0.295 e. The van der Waals surface area contributed by atoms with E-state index in [1.165, 1.54) is 7.11 Å². The molecule has 0 amide bonds. The van der Waals surface area contributed by atoms with Gasteiger partial charge in [-0.1, -0.05) is 6.92 Å². The molecule has 0 aliphatic rings. The Hall–Kier alpha value is -1.71. The Morgan fingerprint density at radius 2 is 1.87 bits per heavy atom. The van der Waals surface area contributed by atoms with E-state index in [0.29, 0.717) is 17.9 Å². The van der Waals surface area contributed by atoms with Crippen LogP contribution in [0.1, 0.15) is 36.7 Å². The number of nitrogens with one attached hydrogen (secondary N) is 1. The number of furan rings is 2. The van der Waals surface area contributed by atoms with Crippen LogP contribution in [-0.2, 0) is 21.2 Å². The van der Waals surface area contributed by atoms with Gasteiger partial charge in [0.25, 0.3) is 16.4 Å². The van der Waals surface area contributed by atoms with E-state index in [4.69, 9.17) is 9.15 Å². The van der Waals surface area contributed by atoms with Crippen molar-refractivity contribution in [2.24, 2.45) is 0 Å². The second-order valence-electron chi connectivity index (χ2n) is 4.74. The highest BCUT2D eigenvalue weighted by molar-refractivity contribution is 7.89. The Morgan fingerprint density at radius 3 is 2.39 bits per heavy atom. The Labute approximate surface area is 132 Å². The van der Waals surface area contributed by atoms with E-state index in [-0.39, 0.29) is 6.61 Å². The van der Waals surface area contributed by atoms with E-state index in [1.807, 2.05) is 6.92 Å². The molecule has 0 aromatic carbocycles. The normalized spacial score (nSPS) is 13.6. The van der Waals surface area contributed by atoms with Crippen LogP contribution in [0.25, 0.3) is 0 Å². The summed E-state index contributed by atoms with van der Waals surface area (Å²) in [6, 6.07) is 4.47. The molecule has 0 unspecified atom stereocenters. The molecular weight excluding hydrogens is 332 g/mol. The van der Waals surface area contributed by atoms with Crippen molar-refractivity contribution in [3.05, 3.63) is 41.5 Å². The molecule has 6 nitrogen and oxygen atoms in total. The lowest BCUT2D eigenvalue weighted by atomic mass is 10.2. The molecule has 2 rings (SSSR count). The average Bonchev–Trinajstić information content (AvgIpc) is 3.16. The summed E-state index contributed by atoms with van der Waals surface area (Å²) < 4.78 is 67.1. The van der Waals surface area contributed by atoms with E-state index >= 15 is 0 Å². The minimum Gasteiger partial charge on any atom is -0.464 e. The van der Waals surface area contributed by atoms with Gasteiger partial charge >= 0.3 is 0 Å². The summed E-state index contributed by atoms with van der Waals surface area (Å²) in [4.78, 5) is 0. The van der Waals surface area contributed by atoms with Crippen molar-refractivity contribution >= 4 is 10.0 Å². The molecule has 0 aliphatic carbocycles. The molecule has 1 atom stereocenters. The molecule has 9 heteroatoms. The fourth-order valence-corrected chi connectivity index (χ4v) is 3.08. The highest BCUT2D eigenvalue weighted by atomic mass is 32.2. The number of sulfonamides is 1. The van der Waals surface area contributed by atoms with Crippen LogP contribution < -0.4 is 4.72 Å². The minimum absolute atomic E-state index is 0.0122. The average molecular weight is 349 g/mol. The van der Waals surface area contributed by atoms with Gasteiger partial charge in [-0.3, -0.25) is 0 Å². The molecule has 2 heterocycles. The van der Waals surface area contributed by atoms with Crippen LogP contribution in [0.3, 0.4) is 0 Å². The molecule has 2 aromatic heterocycles. The van der Waals surface area contributed by atoms with Gasteiger partial charge in [-0.2, -0.15) is 4.72 Å². The zero-order chi connectivity index (χ0) is 17.0. The van der Waals surface area contributed by atoms with Crippen molar-refractivity contribution in [1.82, 2.24) is 4.72 Å². The third-order valence-electron chi connectivity index (χ3n) is 3.09. The molecule has 1 N–H and O–H groups in total. The lowest BCUT2D eigenvalue weighted by Crippen LogP contribution is -2.31. The van der Waals surface area contributed by atoms with Crippen molar-refractivity contribution in [1.29, 1.82) is 0 Å². The monoisotopic (exact) mass is 349 g/mol. The highest BCUT2D eigenvalue weighted by Gasteiger charge is 2.27. The van der Waals surface area contributed by atoms with Crippen LogP contribution in [0, 0.1) is 0 Å². The van der Waals surface area contributed by atoms with Gasteiger partial charge in [0, 0.05) is 13.5 Å². The van der Waals surface area contributed by atoms with E-state index in [1.54, 1.807) is 12.1 Å². The number of aryl methyl sites for hydroxylation is 1. The number of alkyl halides is 2. The van der Waals surface area contributed by atoms with Crippen LogP contribution in [-0.4, -0.2) is 22.1 Å². The molecule has 128 valence electrons. The minimum atomic E-state index is -4.13. The Morgan fingerprint density at radius 1 is 1.17 bits per heavy atom. The van der Waals surface area contributed by atoms with Crippen LogP contribution in [0.5, 0.6) is 0 Å². The maximum atomic E-state index is 12.5. The summed E-state index contributed by atoms with van der Waals surface area (Å²) in [7, 11) is -2.72. The second kappa shape index (κ2) is 7.24. The van der Waals surface area contributed by atoms with E-state index < -0.39 is 33.3 Å². The number of hydrogen-bond donors (Lipinski definition) is 1. The van der Waals surface area contributed by atoms with E-state index in [0.717, 1.165) is 12.1 Å². The molecular formula is C14H17F2NO5S. The Bertz CT molecular complexity index is 738. The van der Waals surface area contributed by atoms with Crippen LogP contribution in [0.2, 0.25) is 0 Å². The number of ether oxygens (including phenoxy) is 1. The van der Waals surface area contributed by atoms with Gasteiger partial charge in [0.2, 0.25) is 5.09 Å². The molecule has 23 heavy (non-hydrogen) atoms. The fourth-order valence-electron chi connectivity index (χ4n) is 1.95. The van der Waals surface area contributed by atoms with Crippen molar-refractivity contribution in [3.63, 3.8) is 0 Å². The van der Waals surface area contributed by atoms with Crippen LogP contribution >= 0.6 is 0 Å². The van der Waals surface area contributed by atoms with Gasteiger partial charge in [-0.15, -0.1) is 0 Å². The van der Waals surface area contributed by atoms with Crippen LogP contribution in [0.15, 0.2) is 38.2 Å². The SMILES string of the molecule is CCc1ccc([C@H](COC)NS(=O)(=O)c2ccc(C(F)F)o2)o1. The number of methoxy groups -OCH3 is 1. The summed E-state index contributed by atoms with van der Waals surface area (Å²) in [5.74, 6) is 0.353. The summed E-state index contributed by atoms with van der Waals surface area (Å²) in [6.45, 7) is 1.91. The maximum absolute atomic E-state index is 12.5. The first-order chi connectivity index (χ1) is 10.9. The molecule has 0 fully saturated rings. The first-order valence-corrected chi connectivity index (χ1v) is 8.33. The second-order valence-corrected chi connectivity index (χ2v) is 6.39. The van der Waals surface area contributed by atoms with E-state index in [2.05, 4.69) is 9.14 Å². The summed E-state index contributed by atoms with van der Waals surface area (Å²) in [5.41, 5.74) is 0. The quantitative estimate of drug-likeness (QED) is 0.792. The van der Waals surface area contributed by atoms with Crippen molar-refractivity contribution in [2.75, 3.05) is 13.7 Å². The summed E-state index contributed by atoms with van der Waals surface area (Å²) >= 11 is 0. The molecule has 0 saturated heterocycles. The predicted octanol–water partition coefficient (Wildman–Crippen LogP) is 3.04. The highest BCUT2D eigenvalue weighted by Crippen LogP contribution is 2.25. The lowest BCUT2D eigenvalue weighted by Gasteiger charge is -2.15. The zero-order valence-electron chi connectivity index (χ0n) is 12.6. The molecule has 0 bridgehead atoms. The third kappa shape index (κ3) is 4.18. The molecule has 0 spiro atoms. The predicted molar refractivity (Wildman–Crippen MR) is 76.7 cm³/mol. The van der Waals surface area contributed by atoms with Gasteiger partial charge in [-0.05, 0) is 24.3 Å². The van der Waals surface area contributed by atoms with Crippen molar-refractivity contribution in [2.45, 2.75) is 30.9 Å². The van der Waals surface area contributed by atoms with Crippen molar-refractivity contribution < 1.29 is 30.8 Å². The molecule has 0 saturated carbocycles. The van der Waals surface area contributed by atoms with Crippen molar-refractivity contribution in [3.8, 4) is 0 Å². The first-order valence-electron chi connectivity index (χ1n) is 6.85. The van der Waals surface area contributed by atoms with Gasteiger partial charge in [0.05, 0.1) is 6.61 Å². The first kappa shape index (κ1) is 17.6. The van der Waals surface area contributed by atoms with E-state index in [9.17, 15) is 17.2 Å². The fraction of sp³-hybridized carbons (Fsp3) is 0.429.